The molecule has 4 nitrogen and oxygen atoms in total. The van der Waals surface area contributed by atoms with E-state index in [9.17, 15) is 4.79 Å². The second-order valence-corrected chi connectivity index (χ2v) is 5.05. The van der Waals surface area contributed by atoms with Gasteiger partial charge < -0.3 is 14.8 Å². The van der Waals surface area contributed by atoms with Crippen molar-refractivity contribution < 1.29 is 14.3 Å². The molecule has 100 valence electrons. The van der Waals surface area contributed by atoms with Gasteiger partial charge in [-0.15, -0.1) is 0 Å². The van der Waals surface area contributed by atoms with Crippen LogP contribution in [-0.2, 0) is 14.3 Å². The highest BCUT2D eigenvalue weighted by Crippen LogP contribution is 2.28. The molecule has 0 spiro atoms. The van der Waals surface area contributed by atoms with Gasteiger partial charge in [0.05, 0.1) is 7.11 Å². The summed E-state index contributed by atoms with van der Waals surface area (Å²) in [6.07, 6.45) is 5.42. The third-order valence-corrected chi connectivity index (χ3v) is 3.45. The first-order chi connectivity index (χ1) is 8.12. The minimum Gasteiger partial charge on any atom is -0.468 e. The van der Waals surface area contributed by atoms with Crippen molar-refractivity contribution in [1.82, 2.24) is 5.32 Å². The molecule has 0 saturated heterocycles. The monoisotopic (exact) mass is 243 g/mol. The van der Waals surface area contributed by atoms with Crippen molar-refractivity contribution in [3.8, 4) is 0 Å². The lowest BCUT2D eigenvalue weighted by atomic mass is 9.95. The highest BCUT2D eigenvalue weighted by Gasteiger charge is 2.31. The Morgan fingerprint density at radius 3 is 2.65 bits per heavy atom. The zero-order chi connectivity index (χ0) is 12.7. The molecule has 0 radical (unpaired) electrons. The molecule has 1 aliphatic rings. The molecule has 1 rings (SSSR count). The van der Waals surface area contributed by atoms with Gasteiger partial charge in [-0.3, -0.25) is 4.79 Å². The molecule has 0 aromatic carbocycles. The van der Waals surface area contributed by atoms with Crippen molar-refractivity contribution in [2.45, 2.75) is 44.6 Å². The van der Waals surface area contributed by atoms with Gasteiger partial charge in [0.15, 0.2) is 0 Å². The van der Waals surface area contributed by atoms with E-state index in [-0.39, 0.29) is 5.97 Å². The fourth-order valence-electron chi connectivity index (χ4n) is 1.77. The van der Waals surface area contributed by atoms with E-state index in [1.807, 2.05) is 6.92 Å². The molecule has 0 aromatic heterocycles. The maximum absolute atomic E-state index is 11.6. The second-order valence-electron chi connectivity index (χ2n) is 5.05. The van der Waals surface area contributed by atoms with Crippen LogP contribution >= 0.6 is 0 Å². The van der Waals surface area contributed by atoms with Gasteiger partial charge >= 0.3 is 5.97 Å². The van der Waals surface area contributed by atoms with Crippen molar-refractivity contribution in [2.75, 3.05) is 27.4 Å². The lowest BCUT2D eigenvalue weighted by Crippen LogP contribution is -2.48. The van der Waals surface area contributed by atoms with Gasteiger partial charge in [-0.05, 0) is 52.0 Å². The Balaban J connectivity index is 2.07. The van der Waals surface area contributed by atoms with Crippen LogP contribution in [0.3, 0.4) is 0 Å². The van der Waals surface area contributed by atoms with Crippen LogP contribution in [0.5, 0.6) is 0 Å². The first-order valence-corrected chi connectivity index (χ1v) is 6.47. The van der Waals surface area contributed by atoms with Crippen molar-refractivity contribution >= 4 is 5.97 Å². The van der Waals surface area contributed by atoms with Crippen molar-refractivity contribution in [3.63, 3.8) is 0 Å². The smallest absolute Gasteiger partial charge is 0.325 e. The number of rotatable bonds is 9. The molecule has 17 heavy (non-hydrogen) atoms. The molecule has 1 saturated carbocycles. The number of likely N-dealkylation sites (N-methyl/N-ethyl adjacent to an activating group) is 1. The molecule has 0 aliphatic heterocycles. The third kappa shape index (κ3) is 5.04. The zero-order valence-electron chi connectivity index (χ0n) is 11.3. The van der Waals surface area contributed by atoms with E-state index >= 15 is 0 Å². The lowest BCUT2D eigenvalue weighted by Gasteiger charge is -2.25. The number of esters is 1. The van der Waals surface area contributed by atoms with E-state index in [1.165, 1.54) is 20.0 Å². The summed E-state index contributed by atoms with van der Waals surface area (Å²) in [5.41, 5.74) is -0.564. The van der Waals surface area contributed by atoms with Crippen molar-refractivity contribution in [2.24, 2.45) is 5.92 Å². The van der Waals surface area contributed by atoms with Gasteiger partial charge in [0.25, 0.3) is 0 Å². The number of methoxy groups -OCH3 is 1. The van der Waals surface area contributed by atoms with E-state index in [1.54, 1.807) is 7.05 Å². The highest BCUT2D eigenvalue weighted by molar-refractivity contribution is 5.80. The van der Waals surface area contributed by atoms with Crippen LogP contribution in [0.4, 0.5) is 0 Å². The highest BCUT2D eigenvalue weighted by atomic mass is 16.5. The Hall–Kier alpha value is -0.610. The van der Waals surface area contributed by atoms with E-state index < -0.39 is 5.54 Å². The Labute approximate surface area is 104 Å². The molecule has 1 fully saturated rings. The fourth-order valence-corrected chi connectivity index (χ4v) is 1.77. The third-order valence-electron chi connectivity index (χ3n) is 3.45. The van der Waals surface area contributed by atoms with Gasteiger partial charge in [0.2, 0.25) is 0 Å². The number of hydrogen-bond acceptors (Lipinski definition) is 4. The summed E-state index contributed by atoms with van der Waals surface area (Å²) in [6, 6.07) is 0. The predicted molar refractivity (Wildman–Crippen MR) is 66.9 cm³/mol. The van der Waals surface area contributed by atoms with Gasteiger partial charge in [0, 0.05) is 13.2 Å². The Bertz CT molecular complexity index is 241. The van der Waals surface area contributed by atoms with Crippen LogP contribution in [-0.4, -0.2) is 38.9 Å². The summed E-state index contributed by atoms with van der Waals surface area (Å²) in [5.74, 6) is 0.631. The van der Waals surface area contributed by atoms with Gasteiger partial charge in [-0.1, -0.05) is 0 Å². The Kier molecular flexibility index (Phi) is 5.92. The van der Waals surface area contributed by atoms with Crippen molar-refractivity contribution in [3.05, 3.63) is 0 Å². The number of carbonyl (C=O) groups excluding carboxylic acids is 1. The maximum atomic E-state index is 11.6. The first-order valence-electron chi connectivity index (χ1n) is 6.47. The molecular formula is C13H25NO3. The molecule has 1 N–H and O–H groups in total. The molecule has 0 bridgehead atoms. The molecule has 0 amide bonds. The maximum Gasteiger partial charge on any atom is 0.325 e. The average molecular weight is 243 g/mol. The Morgan fingerprint density at radius 2 is 2.12 bits per heavy atom. The van der Waals surface area contributed by atoms with Crippen molar-refractivity contribution in [1.29, 1.82) is 0 Å². The minimum atomic E-state index is -0.564. The van der Waals surface area contributed by atoms with Crippen LogP contribution in [0.25, 0.3) is 0 Å². The second kappa shape index (κ2) is 6.97. The average Bonchev–Trinajstić information content (AvgIpc) is 3.16. The Morgan fingerprint density at radius 1 is 1.41 bits per heavy atom. The zero-order valence-corrected chi connectivity index (χ0v) is 11.3. The molecule has 0 aromatic rings. The number of ether oxygens (including phenoxy) is 2. The summed E-state index contributed by atoms with van der Waals surface area (Å²) in [6.45, 7) is 3.60. The normalized spacial score (nSPS) is 18.8. The van der Waals surface area contributed by atoms with E-state index in [4.69, 9.17) is 9.47 Å². The lowest BCUT2D eigenvalue weighted by molar-refractivity contribution is -0.148. The SMILES string of the molecule is CNC(C)(CCCCOCC1CC1)C(=O)OC. The van der Waals surface area contributed by atoms with Gasteiger partial charge in [-0.25, -0.2) is 0 Å². The molecular weight excluding hydrogens is 218 g/mol. The van der Waals surface area contributed by atoms with E-state index in [2.05, 4.69) is 5.32 Å². The van der Waals surface area contributed by atoms with Gasteiger partial charge in [0.1, 0.15) is 5.54 Å². The number of unbranched alkanes of at least 4 members (excludes halogenated alkanes) is 1. The summed E-state index contributed by atoms with van der Waals surface area (Å²) in [5, 5.41) is 3.03. The van der Waals surface area contributed by atoms with Crippen LogP contribution in [0, 0.1) is 5.92 Å². The summed E-state index contributed by atoms with van der Waals surface area (Å²) in [4.78, 5) is 11.6. The fraction of sp³-hybridized carbons (Fsp3) is 0.923. The molecule has 1 atom stereocenters. The standard InChI is InChI=1S/C13H25NO3/c1-13(14-2,12(15)16-3)8-4-5-9-17-10-11-6-7-11/h11,14H,4-10H2,1-3H3. The summed E-state index contributed by atoms with van der Waals surface area (Å²) >= 11 is 0. The number of carbonyl (C=O) groups is 1. The minimum absolute atomic E-state index is 0.195. The van der Waals surface area contributed by atoms with Crippen LogP contribution in [0.1, 0.15) is 39.0 Å². The topological polar surface area (TPSA) is 47.6 Å². The summed E-state index contributed by atoms with van der Waals surface area (Å²) < 4.78 is 10.3. The quantitative estimate of drug-likeness (QED) is 0.495. The molecule has 1 aliphatic carbocycles. The van der Waals surface area contributed by atoms with E-state index in [0.717, 1.165) is 38.4 Å². The van der Waals surface area contributed by atoms with E-state index in [0.29, 0.717) is 0 Å². The molecule has 4 heteroatoms. The molecule has 0 heterocycles. The first kappa shape index (κ1) is 14.5. The largest absolute Gasteiger partial charge is 0.468 e. The molecule has 1 unspecified atom stereocenters. The van der Waals surface area contributed by atoms with Crippen LogP contribution in [0.2, 0.25) is 0 Å². The predicted octanol–water partition coefficient (Wildman–Crippen LogP) is 1.73. The van der Waals surface area contributed by atoms with Crippen LogP contribution in [0.15, 0.2) is 0 Å². The van der Waals surface area contributed by atoms with Gasteiger partial charge in [-0.2, -0.15) is 0 Å². The number of hydrogen-bond donors (Lipinski definition) is 1. The van der Waals surface area contributed by atoms with Crippen LogP contribution < -0.4 is 5.32 Å². The number of nitrogens with one attached hydrogen (secondary N) is 1. The summed E-state index contributed by atoms with van der Waals surface area (Å²) in [7, 11) is 3.22.